The van der Waals surface area contributed by atoms with E-state index >= 15 is 0 Å². The molecule has 3 aromatic rings. The lowest BCUT2D eigenvalue weighted by Gasteiger charge is -2.34. The number of anilines is 1. The number of hydrogen-bond acceptors (Lipinski definition) is 4. The molecule has 0 aliphatic carbocycles. The molecule has 0 spiro atoms. The zero-order valence-corrected chi connectivity index (χ0v) is 28.1. The minimum atomic E-state index is -3.67. The summed E-state index contributed by atoms with van der Waals surface area (Å²) in [7, 11) is -3.67. The van der Waals surface area contributed by atoms with E-state index in [0.29, 0.717) is 26.3 Å². The Hall–Kier alpha value is -2.78. The summed E-state index contributed by atoms with van der Waals surface area (Å²) in [6.07, 6.45) is 1.60. The van der Waals surface area contributed by atoms with Crippen molar-refractivity contribution in [1.82, 2.24) is 10.2 Å². The minimum absolute atomic E-state index is 0.00900. The van der Waals surface area contributed by atoms with Gasteiger partial charge in [0.1, 0.15) is 6.04 Å². The molecule has 0 saturated carbocycles. The highest BCUT2D eigenvalue weighted by atomic mass is 35.5. The summed E-state index contributed by atoms with van der Waals surface area (Å²) in [4.78, 5) is 29.3. The van der Waals surface area contributed by atoms with Crippen molar-refractivity contribution in [2.75, 3.05) is 17.1 Å². The zero-order chi connectivity index (χ0) is 31.9. The number of sulfonamides is 1. The van der Waals surface area contributed by atoms with Gasteiger partial charge in [0.25, 0.3) is 0 Å². The summed E-state index contributed by atoms with van der Waals surface area (Å²) in [5.74, 6) is -0.616. The highest BCUT2D eigenvalue weighted by Gasteiger charge is 2.32. The molecule has 0 aromatic heterocycles. The number of carbonyl (C=O) groups is 2. The van der Waals surface area contributed by atoms with Crippen molar-refractivity contribution in [1.29, 1.82) is 0 Å². The number of carbonyl (C=O) groups excluding carboxylic acids is 2. The van der Waals surface area contributed by atoms with Crippen LogP contribution in [0.1, 0.15) is 50.3 Å². The molecule has 0 saturated heterocycles. The van der Waals surface area contributed by atoms with Gasteiger partial charge in [-0.1, -0.05) is 77.3 Å². The Bertz CT molecular complexity index is 1540. The fourth-order valence-corrected chi connectivity index (χ4v) is 6.32. The number of nitrogens with zero attached hydrogens (tertiary/aromatic N) is 2. The summed E-state index contributed by atoms with van der Waals surface area (Å²) in [6.45, 7) is 7.55. The molecule has 0 aliphatic heterocycles. The third kappa shape index (κ3) is 10.4. The SMILES string of the molecule is Cc1ccc(Cl)cc1N(CCCC(=O)N(Cc1ccc(Cl)cc1Cl)C(Cc1ccccc1)C(=O)NC(C)(C)C)S(C)(=O)=O. The lowest BCUT2D eigenvalue weighted by atomic mass is 10.00. The van der Waals surface area contributed by atoms with Gasteiger partial charge in [-0.15, -0.1) is 0 Å². The average molecular weight is 667 g/mol. The fourth-order valence-electron chi connectivity index (χ4n) is 4.67. The van der Waals surface area contributed by atoms with Crippen LogP contribution in [0.15, 0.2) is 66.7 Å². The Morgan fingerprint density at radius 3 is 2.16 bits per heavy atom. The lowest BCUT2D eigenvalue weighted by molar-refractivity contribution is -0.142. The molecule has 2 amide bonds. The zero-order valence-electron chi connectivity index (χ0n) is 25.0. The van der Waals surface area contributed by atoms with Gasteiger partial charge in [0.2, 0.25) is 21.8 Å². The topological polar surface area (TPSA) is 86.8 Å². The number of rotatable bonds is 12. The maximum Gasteiger partial charge on any atom is 0.243 e. The molecule has 1 atom stereocenters. The predicted octanol–water partition coefficient (Wildman–Crippen LogP) is 7.06. The second-order valence-electron chi connectivity index (χ2n) is 11.6. The quantitative estimate of drug-likeness (QED) is 0.224. The maximum absolute atomic E-state index is 14.0. The van der Waals surface area contributed by atoms with Crippen LogP contribution in [0.2, 0.25) is 15.1 Å². The first-order valence-corrected chi connectivity index (χ1v) is 16.9. The van der Waals surface area contributed by atoms with Crippen molar-refractivity contribution in [3.05, 3.63) is 98.5 Å². The van der Waals surface area contributed by atoms with E-state index in [9.17, 15) is 18.0 Å². The normalized spacial score (nSPS) is 12.5. The van der Waals surface area contributed by atoms with Crippen LogP contribution in [-0.2, 0) is 32.6 Å². The number of amides is 2. The van der Waals surface area contributed by atoms with Crippen molar-refractivity contribution in [2.45, 2.75) is 65.1 Å². The van der Waals surface area contributed by atoms with Crippen LogP contribution in [-0.4, -0.2) is 49.5 Å². The van der Waals surface area contributed by atoms with Crippen molar-refractivity contribution in [3.8, 4) is 0 Å². The van der Waals surface area contributed by atoms with Crippen LogP contribution in [0.4, 0.5) is 5.69 Å². The van der Waals surface area contributed by atoms with E-state index in [2.05, 4.69) is 5.32 Å². The molecule has 0 radical (unpaired) electrons. The molecule has 0 fully saturated rings. The maximum atomic E-state index is 14.0. The van der Waals surface area contributed by atoms with Gasteiger partial charge in [-0.3, -0.25) is 13.9 Å². The molecule has 3 aromatic carbocycles. The second-order valence-corrected chi connectivity index (χ2v) is 14.8. The highest BCUT2D eigenvalue weighted by Crippen LogP contribution is 2.28. The summed E-state index contributed by atoms with van der Waals surface area (Å²) >= 11 is 18.8. The third-order valence-corrected chi connectivity index (χ3v) is 8.72. The van der Waals surface area contributed by atoms with Crippen LogP contribution < -0.4 is 9.62 Å². The molecule has 0 heterocycles. The number of hydrogen-bond donors (Lipinski definition) is 1. The van der Waals surface area contributed by atoms with Crippen molar-refractivity contribution in [3.63, 3.8) is 0 Å². The first-order chi connectivity index (χ1) is 20.0. The Kier molecular flexibility index (Phi) is 11.9. The summed E-state index contributed by atoms with van der Waals surface area (Å²) in [5, 5.41) is 4.26. The first-order valence-electron chi connectivity index (χ1n) is 13.9. The van der Waals surface area contributed by atoms with E-state index in [1.807, 2.05) is 51.1 Å². The molecule has 3 rings (SSSR count). The van der Waals surface area contributed by atoms with Gasteiger partial charge in [0.05, 0.1) is 11.9 Å². The summed E-state index contributed by atoms with van der Waals surface area (Å²) in [6, 6.07) is 18.7. The fraction of sp³-hybridized carbons (Fsp3) is 0.375. The van der Waals surface area contributed by atoms with E-state index in [0.717, 1.165) is 17.4 Å². The Labute approximate surface area is 270 Å². The van der Waals surface area contributed by atoms with Gasteiger partial charge in [0, 0.05) is 46.5 Å². The Morgan fingerprint density at radius 2 is 1.56 bits per heavy atom. The van der Waals surface area contributed by atoms with Gasteiger partial charge in [-0.2, -0.15) is 0 Å². The van der Waals surface area contributed by atoms with E-state index < -0.39 is 21.6 Å². The molecular weight excluding hydrogens is 629 g/mol. The lowest BCUT2D eigenvalue weighted by Crippen LogP contribution is -2.54. The van der Waals surface area contributed by atoms with Crippen molar-refractivity contribution >= 4 is 62.3 Å². The second kappa shape index (κ2) is 14.8. The molecular formula is C32H38Cl3N3O4S. The number of nitrogens with one attached hydrogen (secondary N) is 1. The van der Waals surface area contributed by atoms with E-state index in [1.54, 1.807) is 43.3 Å². The van der Waals surface area contributed by atoms with Crippen LogP contribution in [0, 0.1) is 6.92 Å². The minimum Gasteiger partial charge on any atom is -0.350 e. The Balaban J connectivity index is 1.95. The molecule has 0 aliphatic rings. The average Bonchev–Trinajstić information content (AvgIpc) is 2.90. The van der Waals surface area contributed by atoms with Crippen LogP contribution in [0.25, 0.3) is 0 Å². The molecule has 7 nitrogen and oxygen atoms in total. The molecule has 43 heavy (non-hydrogen) atoms. The predicted molar refractivity (Wildman–Crippen MR) is 176 cm³/mol. The third-order valence-electron chi connectivity index (χ3n) is 6.72. The van der Waals surface area contributed by atoms with Crippen LogP contribution in [0.3, 0.4) is 0 Å². The van der Waals surface area contributed by atoms with E-state index in [1.165, 1.54) is 9.21 Å². The molecule has 1 N–H and O–H groups in total. The number of halogens is 3. The molecule has 232 valence electrons. The van der Waals surface area contributed by atoms with Gasteiger partial charge in [-0.05, 0) is 75.1 Å². The van der Waals surface area contributed by atoms with E-state index in [4.69, 9.17) is 34.8 Å². The monoisotopic (exact) mass is 665 g/mol. The molecule has 11 heteroatoms. The first kappa shape index (κ1) is 34.7. The van der Waals surface area contributed by atoms with Gasteiger partial charge in [0.15, 0.2) is 0 Å². The van der Waals surface area contributed by atoms with Gasteiger partial charge in [-0.25, -0.2) is 8.42 Å². The van der Waals surface area contributed by atoms with Gasteiger partial charge < -0.3 is 10.2 Å². The number of benzene rings is 3. The smallest absolute Gasteiger partial charge is 0.243 e. The van der Waals surface area contributed by atoms with Crippen molar-refractivity contribution < 1.29 is 18.0 Å². The standard InChI is InChI=1S/C32H38Cl3N3O4S/c1-22-13-15-26(34)20-28(22)38(43(5,41)42)17-9-12-30(39)37(21-24-14-16-25(33)19-27(24)35)29(31(40)36-32(2,3)4)18-23-10-7-6-8-11-23/h6-8,10-11,13-16,19-20,29H,9,12,17-18,21H2,1-5H3,(H,36,40). The summed E-state index contributed by atoms with van der Waals surface area (Å²) in [5.41, 5.74) is 2.17. The summed E-state index contributed by atoms with van der Waals surface area (Å²) < 4.78 is 26.8. The molecule has 0 bridgehead atoms. The van der Waals surface area contributed by atoms with Gasteiger partial charge >= 0.3 is 0 Å². The molecule has 1 unspecified atom stereocenters. The van der Waals surface area contributed by atoms with Crippen LogP contribution >= 0.6 is 34.8 Å². The van der Waals surface area contributed by atoms with Crippen molar-refractivity contribution in [2.24, 2.45) is 0 Å². The highest BCUT2D eigenvalue weighted by molar-refractivity contribution is 7.92. The van der Waals surface area contributed by atoms with Crippen LogP contribution in [0.5, 0.6) is 0 Å². The largest absolute Gasteiger partial charge is 0.350 e. The Morgan fingerprint density at radius 1 is 0.930 bits per heavy atom. The number of aryl methyl sites for hydroxylation is 1. The van der Waals surface area contributed by atoms with E-state index in [-0.39, 0.29) is 44.2 Å².